The van der Waals surface area contributed by atoms with E-state index in [1.54, 1.807) is 4.90 Å². The lowest BCUT2D eigenvalue weighted by molar-refractivity contribution is 0.104. The van der Waals surface area contributed by atoms with Crippen LogP contribution in [0.5, 0.6) is 0 Å². The van der Waals surface area contributed by atoms with Crippen molar-refractivity contribution in [3.05, 3.63) is 0 Å². The first kappa shape index (κ1) is 6.91. The van der Waals surface area contributed by atoms with Crippen molar-refractivity contribution in [2.75, 3.05) is 19.6 Å². The zero-order valence-electron chi connectivity index (χ0n) is 6.42. The SMILES string of the molecule is NC(=O)N1CCC2CNC2C1. The van der Waals surface area contributed by atoms with Crippen LogP contribution in [-0.4, -0.2) is 36.6 Å². The Hall–Kier alpha value is -0.770. The Bertz CT molecular complexity index is 183. The maximum atomic E-state index is 10.8. The maximum Gasteiger partial charge on any atom is 0.314 e. The number of nitrogens with two attached hydrogens (primary N) is 1. The predicted octanol–water partition coefficient (Wildman–Crippen LogP) is -0.641. The lowest BCUT2D eigenvalue weighted by Crippen LogP contribution is -2.63. The van der Waals surface area contributed by atoms with E-state index in [1.165, 1.54) is 0 Å². The number of hydrogen-bond acceptors (Lipinski definition) is 2. The Kier molecular flexibility index (Phi) is 1.49. The van der Waals surface area contributed by atoms with Crippen LogP contribution < -0.4 is 11.1 Å². The van der Waals surface area contributed by atoms with Crippen molar-refractivity contribution in [3.63, 3.8) is 0 Å². The monoisotopic (exact) mass is 155 g/mol. The second-order valence-corrected chi connectivity index (χ2v) is 3.35. The van der Waals surface area contributed by atoms with Crippen molar-refractivity contribution >= 4 is 6.03 Å². The van der Waals surface area contributed by atoms with Gasteiger partial charge in [0, 0.05) is 19.1 Å². The summed E-state index contributed by atoms with van der Waals surface area (Å²) in [4.78, 5) is 12.5. The molecule has 4 nitrogen and oxygen atoms in total. The highest BCUT2D eigenvalue weighted by atomic mass is 16.2. The van der Waals surface area contributed by atoms with Crippen molar-refractivity contribution in [2.24, 2.45) is 11.7 Å². The van der Waals surface area contributed by atoms with Crippen LogP contribution in [0.2, 0.25) is 0 Å². The summed E-state index contributed by atoms with van der Waals surface area (Å²) in [7, 11) is 0. The highest BCUT2D eigenvalue weighted by Gasteiger charge is 2.36. The standard InChI is InChI=1S/C7H13N3O/c8-7(11)10-2-1-5-3-9-6(5)4-10/h5-6,9H,1-4H2,(H2,8,11). The third-order valence-corrected chi connectivity index (χ3v) is 2.71. The molecule has 2 fully saturated rings. The minimum absolute atomic E-state index is 0.280. The van der Waals surface area contributed by atoms with E-state index in [9.17, 15) is 4.79 Å². The molecule has 0 saturated carbocycles. The number of rotatable bonds is 0. The van der Waals surface area contributed by atoms with Gasteiger partial charge in [-0.15, -0.1) is 0 Å². The van der Waals surface area contributed by atoms with Crippen LogP contribution in [0.4, 0.5) is 4.79 Å². The molecule has 2 atom stereocenters. The van der Waals surface area contributed by atoms with Gasteiger partial charge in [-0.3, -0.25) is 0 Å². The number of piperidine rings is 1. The first-order chi connectivity index (χ1) is 5.27. The lowest BCUT2D eigenvalue weighted by Gasteiger charge is -2.45. The third kappa shape index (κ3) is 1.07. The molecule has 62 valence electrons. The minimum Gasteiger partial charge on any atom is -0.351 e. The summed E-state index contributed by atoms with van der Waals surface area (Å²) in [5.41, 5.74) is 5.16. The highest BCUT2D eigenvalue weighted by Crippen LogP contribution is 2.23. The Balaban J connectivity index is 1.93. The summed E-state index contributed by atoms with van der Waals surface area (Å²) in [6, 6.07) is 0.244. The zero-order chi connectivity index (χ0) is 7.84. The number of fused-ring (bicyclic) bond motifs is 1. The van der Waals surface area contributed by atoms with Crippen LogP contribution in [0, 0.1) is 5.92 Å². The first-order valence-electron chi connectivity index (χ1n) is 4.05. The number of carbonyl (C=O) groups excluding carboxylic acids is 1. The molecule has 2 saturated heterocycles. The second kappa shape index (κ2) is 2.37. The second-order valence-electron chi connectivity index (χ2n) is 3.35. The number of nitrogens with one attached hydrogen (secondary N) is 1. The molecule has 0 spiro atoms. The van der Waals surface area contributed by atoms with Gasteiger partial charge in [-0.25, -0.2) is 4.79 Å². The largest absolute Gasteiger partial charge is 0.351 e. The van der Waals surface area contributed by atoms with Gasteiger partial charge in [-0.2, -0.15) is 0 Å². The third-order valence-electron chi connectivity index (χ3n) is 2.71. The van der Waals surface area contributed by atoms with Gasteiger partial charge in [0.15, 0.2) is 0 Å². The predicted molar refractivity (Wildman–Crippen MR) is 41.1 cm³/mol. The number of carbonyl (C=O) groups is 1. The molecule has 2 amide bonds. The van der Waals surface area contributed by atoms with E-state index in [-0.39, 0.29) is 6.03 Å². The van der Waals surface area contributed by atoms with Gasteiger partial charge < -0.3 is 16.0 Å². The average Bonchev–Trinajstić information content (AvgIpc) is 1.91. The molecular weight excluding hydrogens is 142 g/mol. The first-order valence-corrected chi connectivity index (χ1v) is 4.05. The van der Waals surface area contributed by atoms with Crippen LogP contribution >= 0.6 is 0 Å². The van der Waals surface area contributed by atoms with Crippen LogP contribution in [0.15, 0.2) is 0 Å². The van der Waals surface area contributed by atoms with E-state index in [1.807, 2.05) is 0 Å². The van der Waals surface area contributed by atoms with E-state index < -0.39 is 0 Å². The van der Waals surface area contributed by atoms with Crippen molar-refractivity contribution in [1.29, 1.82) is 0 Å². The molecule has 2 rings (SSSR count). The Labute approximate surface area is 65.7 Å². The number of likely N-dealkylation sites (tertiary alicyclic amines) is 1. The Morgan fingerprint density at radius 2 is 2.45 bits per heavy atom. The molecular formula is C7H13N3O. The normalized spacial score (nSPS) is 35.8. The van der Waals surface area contributed by atoms with Crippen LogP contribution in [0.1, 0.15) is 6.42 Å². The fourth-order valence-corrected chi connectivity index (χ4v) is 1.82. The Morgan fingerprint density at radius 1 is 1.64 bits per heavy atom. The summed E-state index contributed by atoms with van der Waals surface area (Å²) in [5.74, 6) is 0.797. The summed E-state index contributed by atoms with van der Waals surface area (Å²) in [6.45, 7) is 2.77. The average molecular weight is 155 g/mol. The Morgan fingerprint density at radius 3 is 2.91 bits per heavy atom. The van der Waals surface area contributed by atoms with Crippen molar-refractivity contribution < 1.29 is 4.79 Å². The fourth-order valence-electron chi connectivity index (χ4n) is 1.82. The number of urea groups is 1. The molecule has 0 radical (unpaired) electrons. The number of primary amides is 1. The molecule has 11 heavy (non-hydrogen) atoms. The zero-order valence-corrected chi connectivity index (χ0v) is 6.42. The van der Waals surface area contributed by atoms with Crippen molar-refractivity contribution in [3.8, 4) is 0 Å². The molecule has 2 heterocycles. The lowest BCUT2D eigenvalue weighted by atomic mass is 9.85. The fraction of sp³-hybridized carbons (Fsp3) is 0.857. The van der Waals surface area contributed by atoms with Gasteiger partial charge in [0.05, 0.1) is 0 Å². The van der Waals surface area contributed by atoms with E-state index in [2.05, 4.69) is 5.32 Å². The van der Waals surface area contributed by atoms with Gasteiger partial charge >= 0.3 is 6.03 Å². The summed E-state index contributed by atoms with van der Waals surface area (Å²) in [5, 5.41) is 3.28. The molecule has 2 aliphatic heterocycles. The molecule has 2 unspecified atom stereocenters. The van der Waals surface area contributed by atoms with Gasteiger partial charge in [-0.05, 0) is 18.9 Å². The number of amides is 2. The summed E-state index contributed by atoms with van der Waals surface area (Å²) >= 11 is 0. The summed E-state index contributed by atoms with van der Waals surface area (Å²) in [6.07, 6.45) is 1.11. The van der Waals surface area contributed by atoms with Crippen LogP contribution in [0.3, 0.4) is 0 Å². The van der Waals surface area contributed by atoms with Gasteiger partial charge in [-0.1, -0.05) is 0 Å². The van der Waals surface area contributed by atoms with Crippen LogP contribution in [0.25, 0.3) is 0 Å². The van der Waals surface area contributed by atoms with E-state index in [0.717, 1.165) is 32.0 Å². The molecule has 3 N–H and O–H groups in total. The van der Waals surface area contributed by atoms with Gasteiger partial charge in [0.1, 0.15) is 0 Å². The van der Waals surface area contributed by atoms with E-state index in [0.29, 0.717) is 6.04 Å². The molecule has 0 aromatic carbocycles. The van der Waals surface area contributed by atoms with E-state index in [4.69, 9.17) is 5.73 Å². The molecule has 0 bridgehead atoms. The van der Waals surface area contributed by atoms with Crippen LogP contribution in [-0.2, 0) is 0 Å². The van der Waals surface area contributed by atoms with Gasteiger partial charge in [0.2, 0.25) is 0 Å². The quantitative estimate of drug-likeness (QED) is 0.489. The molecule has 0 aromatic rings. The smallest absolute Gasteiger partial charge is 0.314 e. The number of hydrogen-bond donors (Lipinski definition) is 2. The molecule has 0 aliphatic carbocycles. The van der Waals surface area contributed by atoms with Gasteiger partial charge in [0.25, 0.3) is 0 Å². The molecule has 4 heteroatoms. The number of nitrogens with zero attached hydrogens (tertiary/aromatic N) is 1. The van der Waals surface area contributed by atoms with Crippen molar-refractivity contribution in [1.82, 2.24) is 10.2 Å². The minimum atomic E-state index is -0.280. The molecule has 0 aromatic heterocycles. The summed E-state index contributed by atoms with van der Waals surface area (Å²) < 4.78 is 0. The highest BCUT2D eigenvalue weighted by molar-refractivity contribution is 5.72. The maximum absolute atomic E-state index is 10.8. The topological polar surface area (TPSA) is 58.4 Å². The molecule has 2 aliphatic rings. The van der Waals surface area contributed by atoms with Crippen molar-refractivity contribution in [2.45, 2.75) is 12.5 Å². The van der Waals surface area contributed by atoms with E-state index >= 15 is 0 Å².